The van der Waals surface area contributed by atoms with Crippen LogP contribution in [0.3, 0.4) is 0 Å². The summed E-state index contributed by atoms with van der Waals surface area (Å²) in [6.45, 7) is 0.643. The molecule has 3 nitrogen and oxygen atoms in total. The molecular weight excluding hydrogens is 310 g/mol. The van der Waals surface area contributed by atoms with Crippen molar-refractivity contribution in [3.63, 3.8) is 0 Å². The van der Waals surface area contributed by atoms with Crippen LogP contribution in [0.1, 0.15) is 29.9 Å². The summed E-state index contributed by atoms with van der Waals surface area (Å²) in [6, 6.07) is 9.75. The van der Waals surface area contributed by atoms with Gasteiger partial charge >= 0.3 is 0 Å². The normalized spacial score (nSPS) is 22.2. The van der Waals surface area contributed by atoms with Crippen LogP contribution in [0.5, 0.6) is 0 Å². The van der Waals surface area contributed by atoms with Gasteiger partial charge in [0.2, 0.25) is 5.91 Å². The third-order valence-corrected chi connectivity index (χ3v) is 5.04. The summed E-state index contributed by atoms with van der Waals surface area (Å²) < 4.78 is 27.4. The van der Waals surface area contributed by atoms with Crippen LogP contribution >= 0.6 is 0 Å². The highest BCUT2D eigenvalue weighted by atomic mass is 19.2. The number of amides is 1. The molecule has 0 aromatic heterocycles. The molecule has 2 aromatic rings. The van der Waals surface area contributed by atoms with Crippen LogP contribution < -0.4 is 10.6 Å². The summed E-state index contributed by atoms with van der Waals surface area (Å²) in [5.74, 6) is -2.23. The lowest BCUT2D eigenvalue weighted by atomic mass is 9.99. The van der Waals surface area contributed by atoms with Gasteiger partial charge in [-0.3, -0.25) is 4.79 Å². The second-order valence-electron chi connectivity index (χ2n) is 6.53. The molecule has 0 bridgehead atoms. The first-order valence-corrected chi connectivity index (χ1v) is 8.20. The van der Waals surface area contributed by atoms with E-state index < -0.39 is 11.6 Å². The Bertz CT molecular complexity index is 821. The standard InChI is InChI=1S/C19H18F2N2O/c20-15-6-1-4-11(18(15)21)13-10-14(13)19(24)23-9-3-5-12-16(22)7-2-8-17(12)23/h1-2,4,6-8,13-14H,3,5,9-10,22H2. The summed E-state index contributed by atoms with van der Waals surface area (Å²) in [6.07, 6.45) is 2.28. The zero-order valence-electron chi connectivity index (χ0n) is 13.1. The fourth-order valence-corrected chi connectivity index (χ4v) is 3.70. The second-order valence-corrected chi connectivity index (χ2v) is 6.53. The maximum atomic E-state index is 13.9. The maximum absolute atomic E-state index is 13.9. The Morgan fingerprint density at radius 1 is 1.17 bits per heavy atom. The van der Waals surface area contributed by atoms with Crippen LogP contribution in [0.15, 0.2) is 36.4 Å². The number of carbonyl (C=O) groups is 1. The van der Waals surface area contributed by atoms with Gasteiger partial charge in [-0.15, -0.1) is 0 Å². The van der Waals surface area contributed by atoms with Gasteiger partial charge in [-0.2, -0.15) is 0 Å². The van der Waals surface area contributed by atoms with Crippen molar-refractivity contribution in [1.29, 1.82) is 0 Å². The number of anilines is 2. The fraction of sp³-hybridized carbons (Fsp3) is 0.316. The minimum Gasteiger partial charge on any atom is -0.398 e. The molecule has 2 aromatic carbocycles. The minimum absolute atomic E-state index is 0.0183. The summed E-state index contributed by atoms with van der Waals surface area (Å²) in [5, 5.41) is 0. The van der Waals surface area contributed by atoms with E-state index in [4.69, 9.17) is 5.73 Å². The number of rotatable bonds is 2. The fourth-order valence-electron chi connectivity index (χ4n) is 3.70. The molecule has 2 unspecified atom stereocenters. The molecule has 1 fully saturated rings. The number of halogens is 2. The molecule has 1 amide bonds. The van der Waals surface area contributed by atoms with E-state index in [0.29, 0.717) is 24.2 Å². The van der Waals surface area contributed by atoms with Gasteiger partial charge in [0, 0.05) is 23.8 Å². The Hall–Kier alpha value is -2.43. The number of nitrogens with zero attached hydrogens (tertiary/aromatic N) is 1. The molecule has 2 N–H and O–H groups in total. The average Bonchev–Trinajstić information content (AvgIpc) is 3.37. The molecule has 4 rings (SSSR count). The van der Waals surface area contributed by atoms with Gasteiger partial charge in [0.15, 0.2) is 11.6 Å². The molecule has 2 aliphatic rings. The number of carbonyl (C=O) groups excluding carboxylic acids is 1. The van der Waals surface area contributed by atoms with Gasteiger partial charge in [0.25, 0.3) is 0 Å². The van der Waals surface area contributed by atoms with Crippen molar-refractivity contribution >= 4 is 17.3 Å². The minimum atomic E-state index is -0.860. The lowest BCUT2D eigenvalue weighted by molar-refractivity contribution is -0.120. The first-order valence-electron chi connectivity index (χ1n) is 8.20. The van der Waals surface area contributed by atoms with Gasteiger partial charge in [-0.1, -0.05) is 18.2 Å². The zero-order valence-corrected chi connectivity index (χ0v) is 13.1. The molecule has 2 atom stereocenters. The number of hydrogen-bond acceptors (Lipinski definition) is 2. The van der Waals surface area contributed by atoms with Crippen LogP contribution in [0.4, 0.5) is 20.2 Å². The largest absolute Gasteiger partial charge is 0.398 e. The van der Waals surface area contributed by atoms with E-state index in [1.807, 2.05) is 18.2 Å². The van der Waals surface area contributed by atoms with Crippen LogP contribution in [0.2, 0.25) is 0 Å². The molecule has 1 saturated carbocycles. The van der Waals surface area contributed by atoms with Crippen LogP contribution in [-0.4, -0.2) is 12.5 Å². The molecule has 1 aliphatic heterocycles. The lowest BCUT2D eigenvalue weighted by Gasteiger charge is -2.30. The lowest BCUT2D eigenvalue weighted by Crippen LogP contribution is -2.37. The van der Waals surface area contributed by atoms with Crippen molar-refractivity contribution in [1.82, 2.24) is 0 Å². The van der Waals surface area contributed by atoms with Gasteiger partial charge in [0.05, 0.1) is 0 Å². The first kappa shape index (κ1) is 15.1. The maximum Gasteiger partial charge on any atom is 0.230 e. The van der Waals surface area contributed by atoms with Crippen LogP contribution in [-0.2, 0) is 11.2 Å². The summed E-state index contributed by atoms with van der Waals surface area (Å²) in [4.78, 5) is 14.6. The predicted molar refractivity (Wildman–Crippen MR) is 88.7 cm³/mol. The van der Waals surface area contributed by atoms with Crippen molar-refractivity contribution in [2.75, 3.05) is 17.2 Å². The van der Waals surface area contributed by atoms with E-state index in [-0.39, 0.29) is 17.7 Å². The molecule has 0 spiro atoms. The van der Waals surface area contributed by atoms with Crippen molar-refractivity contribution in [2.45, 2.75) is 25.2 Å². The predicted octanol–water partition coefficient (Wildman–Crippen LogP) is 3.63. The van der Waals surface area contributed by atoms with Gasteiger partial charge in [-0.25, -0.2) is 8.78 Å². The third-order valence-electron chi connectivity index (χ3n) is 5.04. The first-order chi connectivity index (χ1) is 11.6. The van der Waals surface area contributed by atoms with Gasteiger partial charge in [-0.05, 0) is 54.5 Å². The highest BCUT2D eigenvalue weighted by molar-refractivity contribution is 5.99. The Morgan fingerprint density at radius 3 is 2.79 bits per heavy atom. The van der Waals surface area contributed by atoms with Crippen LogP contribution in [0.25, 0.3) is 0 Å². The Morgan fingerprint density at radius 2 is 1.96 bits per heavy atom. The summed E-state index contributed by atoms with van der Waals surface area (Å²) in [5.41, 5.74) is 8.89. The third kappa shape index (κ3) is 2.35. The van der Waals surface area contributed by atoms with Crippen LogP contribution in [0, 0.1) is 17.6 Å². The van der Waals surface area contributed by atoms with Crippen molar-refractivity contribution < 1.29 is 13.6 Å². The number of nitrogens with two attached hydrogens (primary N) is 1. The van der Waals surface area contributed by atoms with E-state index in [0.717, 1.165) is 30.2 Å². The number of benzene rings is 2. The molecule has 1 heterocycles. The molecule has 24 heavy (non-hydrogen) atoms. The topological polar surface area (TPSA) is 46.3 Å². The monoisotopic (exact) mass is 328 g/mol. The number of hydrogen-bond donors (Lipinski definition) is 1. The van der Waals surface area contributed by atoms with Crippen molar-refractivity contribution in [3.05, 3.63) is 59.2 Å². The van der Waals surface area contributed by atoms with E-state index in [2.05, 4.69) is 0 Å². The number of nitrogen functional groups attached to an aromatic ring is 1. The second kappa shape index (κ2) is 5.58. The Labute approximate surface area is 139 Å². The molecule has 124 valence electrons. The number of fused-ring (bicyclic) bond motifs is 1. The summed E-state index contributed by atoms with van der Waals surface area (Å²) >= 11 is 0. The van der Waals surface area contributed by atoms with E-state index in [9.17, 15) is 13.6 Å². The van der Waals surface area contributed by atoms with Crippen molar-refractivity contribution in [3.8, 4) is 0 Å². The molecule has 0 radical (unpaired) electrons. The average molecular weight is 328 g/mol. The van der Waals surface area contributed by atoms with Gasteiger partial charge in [0.1, 0.15) is 0 Å². The van der Waals surface area contributed by atoms with E-state index in [1.165, 1.54) is 6.07 Å². The molecular formula is C19H18F2N2O. The Balaban J connectivity index is 1.59. The quantitative estimate of drug-likeness (QED) is 0.856. The zero-order chi connectivity index (χ0) is 16.8. The highest BCUT2D eigenvalue weighted by Gasteiger charge is 2.48. The summed E-state index contributed by atoms with van der Waals surface area (Å²) in [7, 11) is 0. The molecule has 1 aliphatic carbocycles. The highest BCUT2D eigenvalue weighted by Crippen LogP contribution is 2.50. The SMILES string of the molecule is Nc1cccc2c1CCCN2C(=O)C1CC1c1cccc(F)c1F. The van der Waals surface area contributed by atoms with E-state index in [1.54, 1.807) is 11.0 Å². The Kier molecular flexibility index (Phi) is 3.52. The molecule has 0 saturated heterocycles. The smallest absolute Gasteiger partial charge is 0.230 e. The van der Waals surface area contributed by atoms with E-state index >= 15 is 0 Å². The van der Waals surface area contributed by atoms with Crippen molar-refractivity contribution in [2.24, 2.45) is 5.92 Å². The molecule has 5 heteroatoms. The van der Waals surface area contributed by atoms with Gasteiger partial charge < -0.3 is 10.6 Å².